The van der Waals surface area contributed by atoms with E-state index in [2.05, 4.69) is 10.3 Å². The number of carboxylic acids is 1. The largest absolute Gasteiger partial charge is 0.480 e. The number of rotatable bonds is 3. The third kappa shape index (κ3) is 4.04. The lowest BCUT2D eigenvalue weighted by molar-refractivity contribution is -0.142. The number of ether oxygens (including phenoxy) is 1. The van der Waals surface area contributed by atoms with Crippen molar-refractivity contribution in [3.63, 3.8) is 0 Å². The molecule has 0 bridgehead atoms. The van der Waals surface area contributed by atoms with Crippen LogP contribution in [0.2, 0.25) is 0 Å². The van der Waals surface area contributed by atoms with Crippen LogP contribution in [0.15, 0.2) is 36.7 Å². The number of aliphatic carboxylic acids is 1. The fourth-order valence-corrected chi connectivity index (χ4v) is 3.11. The maximum Gasteiger partial charge on any atom is 0.411 e. The molecule has 1 aliphatic heterocycles. The minimum atomic E-state index is -1.02. The van der Waals surface area contributed by atoms with Gasteiger partial charge in [0.05, 0.1) is 0 Å². The van der Waals surface area contributed by atoms with Gasteiger partial charge >= 0.3 is 12.1 Å². The monoisotopic (exact) mass is 357 g/mol. The summed E-state index contributed by atoms with van der Waals surface area (Å²) in [4.78, 5) is 29.3. The number of amides is 1. The lowest BCUT2D eigenvalue weighted by atomic mass is 10.1. The van der Waals surface area contributed by atoms with Gasteiger partial charge in [0.2, 0.25) is 0 Å². The molecule has 138 valence electrons. The molecule has 1 aromatic heterocycles. The van der Waals surface area contributed by atoms with Gasteiger partial charge < -0.3 is 15.2 Å². The summed E-state index contributed by atoms with van der Waals surface area (Å²) >= 11 is 0. The van der Waals surface area contributed by atoms with Crippen LogP contribution < -0.4 is 5.32 Å². The molecule has 0 radical (unpaired) electrons. The second kappa shape index (κ2) is 6.82. The fraction of sp³-hybridized carbons (Fsp3) is 0.421. The number of anilines is 1. The van der Waals surface area contributed by atoms with E-state index >= 15 is 0 Å². The number of benzene rings is 1. The van der Waals surface area contributed by atoms with Crippen LogP contribution in [0, 0.1) is 0 Å². The normalized spacial score (nSPS) is 20.2. The number of aromatic nitrogens is 1. The van der Waals surface area contributed by atoms with Crippen LogP contribution in [0.3, 0.4) is 0 Å². The number of carbonyl (C=O) groups excluding carboxylic acids is 1. The van der Waals surface area contributed by atoms with Crippen LogP contribution in [0.4, 0.5) is 10.5 Å². The average molecular weight is 357 g/mol. The van der Waals surface area contributed by atoms with E-state index in [-0.39, 0.29) is 12.6 Å². The minimum Gasteiger partial charge on any atom is -0.480 e. The molecule has 1 aromatic carbocycles. The van der Waals surface area contributed by atoms with Crippen molar-refractivity contribution >= 4 is 28.5 Å². The summed E-state index contributed by atoms with van der Waals surface area (Å²) in [6.07, 6.45) is 3.24. The lowest BCUT2D eigenvalue weighted by Crippen LogP contribution is -2.43. The summed E-state index contributed by atoms with van der Waals surface area (Å²) in [6.45, 7) is 5.56. The van der Waals surface area contributed by atoms with E-state index in [1.807, 2.05) is 24.3 Å². The molecule has 1 aliphatic rings. The second-order valence-electron chi connectivity index (χ2n) is 7.50. The molecule has 1 amide bonds. The van der Waals surface area contributed by atoms with Crippen LogP contribution in [0.5, 0.6) is 0 Å². The summed E-state index contributed by atoms with van der Waals surface area (Å²) in [5, 5.41) is 14.9. The highest BCUT2D eigenvalue weighted by Gasteiger charge is 2.41. The number of fused-ring (bicyclic) bond motifs is 1. The summed E-state index contributed by atoms with van der Waals surface area (Å²) < 4.78 is 5.35. The molecule has 7 heteroatoms. The smallest absolute Gasteiger partial charge is 0.411 e. The average Bonchev–Trinajstić information content (AvgIpc) is 2.97. The van der Waals surface area contributed by atoms with Gasteiger partial charge in [-0.15, -0.1) is 0 Å². The Bertz CT molecular complexity index is 831. The molecule has 0 aliphatic carbocycles. The van der Waals surface area contributed by atoms with Gasteiger partial charge in [-0.1, -0.05) is 6.07 Å². The van der Waals surface area contributed by atoms with Crippen LogP contribution in [-0.4, -0.2) is 51.3 Å². The summed E-state index contributed by atoms with van der Waals surface area (Å²) in [6, 6.07) is 6.73. The zero-order valence-electron chi connectivity index (χ0n) is 15.1. The maximum atomic E-state index is 12.4. The number of nitrogens with zero attached hydrogens (tertiary/aromatic N) is 2. The Hall–Kier alpha value is -2.83. The van der Waals surface area contributed by atoms with Crippen molar-refractivity contribution in [1.82, 2.24) is 9.88 Å². The Morgan fingerprint density at radius 1 is 1.27 bits per heavy atom. The molecule has 0 unspecified atom stereocenters. The number of likely N-dealkylation sites (tertiary alicyclic amines) is 1. The third-order valence-electron chi connectivity index (χ3n) is 4.23. The second-order valence-corrected chi connectivity index (χ2v) is 7.50. The van der Waals surface area contributed by atoms with Gasteiger partial charge in [-0.2, -0.15) is 0 Å². The predicted octanol–water partition coefficient (Wildman–Crippen LogP) is 3.11. The highest BCUT2D eigenvalue weighted by atomic mass is 16.6. The van der Waals surface area contributed by atoms with Gasteiger partial charge in [0.15, 0.2) is 0 Å². The van der Waals surface area contributed by atoms with E-state index in [9.17, 15) is 14.7 Å². The number of pyridine rings is 1. The first-order valence-electron chi connectivity index (χ1n) is 8.56. The summed E-state index contributed by atoms with van der Waals surface area (Å²) in [5.74, 6) is -1.02. The zero-order chi connectivity index (χ0) is 18.9. The first-order valence-corrected chi connectivity index (χ1v) is 8.56. The number of nitrogens with one attached hydrogen (secondary N) is 1. The molecule has 2 atom stereocenters. The van der Waals surface area contributed by atoms with Crippen molar-refractivity contribution in [2.75, 3.05) is 11.9 Å². The van der Waals surface area contributed by atoms with Crippen molar-refractivity contribution < 1.29 is 19.4 Å². The van der Waals surface area contributed by atoms with Crippen molar-refractivity contribution in [2.45, 2.75) is 44.9 Å². The van der Waals surface area contributed by atoms with E-state index in [1.54, 1.807) is 33.2 Å². The van der Waals surface area contributed by atoms with Crippen molar-refractivity contribution in [3.05, 3.63) is 36.7 Å². The van der Waals surface area contributed by atoms with Gasteiger partial charge in [0, 0.05) is 42.5 Å². The molecular formula is C19H23N3O4. The molecule has 7 nitrogen and oxygen atoms in total. The van der Waals surface area contributed by atoms with E-state index in [4.69, 9.17) is 4.74 Å². The van der Waals surface area contributed by atoms with E-state index in [0.29, 0.717) is 6.42 Å². The SMILES string of the molecule is CC(C)(C)OC(=O)N1C[C@H](Nc2ccc3cnccc3c2)C[C@H]1C(=O)O. The molecule has 0 saturated carbocycles. The fourth-order valence-electron chi connectivity index (χ4n) is 3.11. The molecule has 3 rings (SSSR count). The molecule has 1 fully saturated rings. The van der Waals surface area contributed by atoms with Gasteiger partial charge in [0.25, 0.3) is 0 Å². The standard InChI is InChI=1S/C19H23N3O4/c1-19(2,3)26-18(25)22-11-15(9-16(22)17(23)24)21-14-5-4-13-10-20-7-6-12(13)8-14/h4-8,10,15-16,21H,9,11H2,1-3H3,(H,23,24)/t15-,16+/m1/s1. The van der Waals surface area contributed by atoms with Crippen LogP contribution in [-0.2, 0) is 9.53 Å². The third-order valence-corrected chi connectivity index (χ3v) is 4.23. The Morgan fingerprint density at radius 2 is 2.04 bits per heavy atom. The molecule has 2 heterocycles. The number of carboxylic acid groups (broad SMARTS) is 1. The first kappa shape index (κ1) is 18.0. The Balaban J connectivity index is 1.74. The lowest BCUT2D eigenvalue weighted by Gasteiger charge is -2.26. The van der Waals surface area contributed by atoms with E-state index < -0.39 is 23.7 Å². The topological polar surface area (TPSA) is 91.8 Å². The molecule has 2 aromatic rings. The Morgan fingerprint density at radius 3 is 2.73 bits per heavy atom. The van der Waals surface area contributed by atoms with E-state index in [0.717, 1.165) is 16.5 Å². The zero-order valence-corrected chi connectivity index (χ0v) is 15.1. The quantitative estimate of drug-likeness (QED) is 0.877. The van der Waals surface area contributed by atoms with Crippen molar-refractivity contribution in [3.8, 4) is 0 Å². The van der Waals surface area contributed by atoms with Gasteiger partial charge in [-0.05, 0) is 44.4 Å². The van der Waals surface area contributed by atoms with Crippen molar-refractivity contribution in [1.29, 1.82) is 0 Å². The summed E-state index contributed by atoms with van der Waals surface area (Å²) in [7, 11) is 0. The van der Waals surface area contributed by atoms with Gasteiger partial charge in [-0.25, -0.2) is 9.59 Å². The van der Waals surface area contributed by atoms with Crippen LogP contribution >= 0.6 is 0 Å². The molecule has 2 N–H and O–H groups in total. The summed E-state index contributed by atoms with van der Waals surface area (Å²) in [5.41, 5.74) is 0.210. The molecule has 1 saturated heterocycles. The Labute approximate surface area is 152 Å². The number of carbonyl (C=O) groups is 2. The van der Waals surface area contributed by atoms with Crippen molar-refractivity contribution in [2.24, 2.45) is 0 Å². The van der Waals surface area contributed by atoms with E-state index in [1.165, 1.54) is 4.90 Å². The van der Waals surface area contributed by atoms with Crippen LogP contribution in [0.1, 0.15) is 27.2 Å². The first-order chi connectivity index (χ1) is 12.2. The minimum absolute atomic E-state index is 0.164. The molecular weight excluding hydrogens is 334 g/mol. The van der Waals surface area contributed by atoms with Crippen LogP contribution in [0.25, 0.3) is 10.8 Å². The number of hydrogen-bond donors (Lipinski definition) is 2. The van der Waals surface area contributed by atoms with Gasteiger partial charge in [-0.3, -0.25) is 9.88 Å². The maximum absolute atomic E-state index is 12.4. The highest BCUT2D eigenvalue weighted by Crippen LogP contribution is 2.25. The predicted molar refractivity (Wildman–Crippen MR) is 98.1 cm³/mol. The number of hydrogen-bond acceptors (Lipinski definition) is 5. The molecule has 26 heavy (non-hydrogen) atoms. The van der Waals surface area contributed by atoms with Gasteiger partial charge in [0.1, 0.15) is 11.6 Å². The Kier molecular flexibility index (Phi) is 4.71. The highest BCUT2D eigenvalue weighted by molar-refractivity contribution is 5.85. The molecule has 0 spiro atoms.